The van der Waals surface area contributed by atoms with E-state index in [0.29, 0.717) is 17.8 Å². The van der Waals surface area contributed by atoms with Crippen molar-refractivity contribution in [3.63, 3.8) is 0 Å². The van der Waals surface area contributed by atoms with Gasteiger partial charge in [0.25, 0.3) is 0 Å². The van der Waals surface area contributed by atoms with Crippen molar-refractivity contribution in [1.82, 2.24) is 15.5 Å². The lowest BCUT2D eigenvalue weighted by atomic mass is 10.2. The highest BCUT2D eigenvalue weighted by Gasteiger charge is 2.17. The van der Waals surface area contributed by atoms with Crippen LogP contribution in [0.1, 0.15) is 57.9 Å². The van der Waals surface area contributed by atoms with Crippen molar-refractivity contribution in [3.8, 4) is 0 Å². The van der Waals surface area contributed by atoms with Gasteiger partial charge in [-0.1, -0.05) is 25.4 Å². The SMILES string of the molecule is CCCNC(C)Cc1nc(C(CCC)OC)no1. The van der Waals surface area contributed by atoms with Crippen LogP contribution in [0.5, 0.6) is 0 Å². The first-order valence-electron chi connectivity index (χ1n) is 6.79. The zero-order valence-electron chi connectivity index (χ0n) is 11.9. The molecule has 0 aliphatic rings. The maximum atomic E-state index is 5.36. The van der Waals surface area contributed by atoms with Crippen LogP contribution in [0.3, 0.4) is 0 Å². The molecular formula is C13H25N3O2. The number of hydrogen-bond acceptors (Lipinski definition) is 5. The molecule has 0 saturated carbocycles. The van der Waals surface area contributed by atoms with E-state index < -0.39 is 0 Å². The molecule has 0 spiro atoms. The van der Waals surface area contributed by atoms with Gasteiger partial charge in [0.1, 0.15) is 6.10 Å². The second-order valence-electron chi connectivity index (χ2n) is 4.62. The van der Waals surface area contributed by atoms with Crippen LogP contribution in [0.25, 0.3) is 0 Å². The summed E-state index contributed by atoms with van der Waals surface area (Å²) in [5, 5.41) is 7.40. The third-order valence-corrected chi connectivity index (χ3v) is 2.83. The Morgan fingerprint density at radius 3 is 2.72 bits per heavy atom. The quantitative estimate of drug-likeness (QED) is 0.734. The summed E-state index contributed by atoms with van der Waals surface area (Å²) in [6, 6.07) is 0.352. The molecule has 1 aromatic rings. The monoisotopic (exact) mass is 255 g/mol. The first-order chi connectivity index (χ1) is 8.71. The van der Waals surface area contributed by atoms with Gasteiger partial charge < -0.3 is 14.6 Å². The lowest BCUT2D eigenvalue weighted by Gasteiger charge is -2.10. The van der Waals surface area contributed by atoms with Gasteiger partial charge in [0, 0.05) is 19.6 Å². The van der Waals surface area contributed by atoms with Crippen molar-refractivity contribution in [2.24, 2.45) is 0 Å². The van der Waals surface area contributed by atoms with Crippen LogP contribution in [-0.4, -0.2) is 29.8 Å². The second-order valence-corrected chi connectivity index (χ2v) is 4.62. The molecule has 2 atom stereocenters. The normalized spacial score (nSPS) is 14.7. The molecule has 1 aromatic heterocycles. The lowest BCUT2D eigenvalue weighted by Crippen LogP contribution is -2.28. The summed E-state index contributed by atoms with van der Waals surface area (Å²) in [6.07, 6.45) is 3.79. The Balaban J connectivity index is 2.51. The Labute approximate surface area is 109 Å². The molecule has 1 rings (SSSR count). The summed E-state index contributed by atoms with van der Waals surface area (Å²) in [4.78, 5) is 4.41. The summed E-state index contributed by atoms with van der Waals surface area (Å²) in [5.74, 6) is 1.34. The summed E-state index contributed by atoms with van der Waals surface area (Å²) < 4.78 is 10.6. The van der Waals surface area contributed by atoms with Crippen molar-refractivity contribution in [2.45, 2.75) is 58.6 Å². The summed E-state index contributed by atoms with van der Waals surface area (Å²) in [7, 11) is 1.68. The van der Waals surface area contributed by atoms with Crippen LogP contribution in [0, 0.1) is 0 Å². The van der Waals surface area contributed by atoms with E-state index in [2.05, 4.69) is 36.2 Å². The van der Waals surface area contributed by atoms with Gasteiger partial charge in [-0.15, -0.1) is 0 Å². The third kappa shape index (κ3) is 4.74. The van der Waals surface area contributed by atoms with Gasteiger partial charge in [-0.05, 0) is 26.3 Å². The van der Waals surface area contributed by atoms with Crippen LogP contribution in [0.15, 0.2) is 4.52 Å². The molecule has 1 N–H and O–H groups in total. The summed E-state index contributed by atoms with van der Waals surface area (Å²) in [5.41, 5.74) is 0. The largest absolute Gasteiger partial charge is 0.373 e. The number of nitrogens with zero attached hydrogens (tertiary/aromatic N) is 2. The van der Waals surface area contributed by atoms with Gasteiger partial charge in [0.15, 0.2) is 0 Å². The van der Waals surface area contributed by atoms with Crippen LogP contribution in [0.2, 0.25) is 0 Å². The molecule has 0 fully saturated rings. The highest BCUT2D eigenvalue weighted by atomic mass is 16.5. The van der Waals surface area contributed by atoms with Crippen molar-refractivity contribution in [2.75, 3.05) is 13.7 Å². The summed E-state index contributed by atoms with van der Waals surface area (Å²) in [6.45, 7) is 7.40. The Kier molecular flexibility index (Phi) is 6.90. The van der Waals surface area contributed by atoms with Gasteiger partial charge in [0.05, 0.1) is 0 Å². The highest BCUT2D eigenvalue weighted by molar-refractivity contribution is 4.93. The third-order valence-electron chi connectivity index (χ3n) is 2.83. The molecule has 0 saturated heterocycles. The lowest BCUT2D eigenvalue weighted by molar-refractivity contribution is 0.0854. The predicted molar refractivity (Wildman–Crippen MR) is 70.4 cm³/mol. The Morgan fingerprint density at radius 1 is 1.33 bits per heavy atom. The van der Waals surface area contributed by atoms with Crippen molar-refractivity contribution < 1.29 is 9.26 Å². The minimum atomic E-state index is -0.0496. The molecule has 5 heteroatoms. The van der Waals surface area contributed by atoms with Crippen molar-refractivity contribution in [3.05, 3.63) is 11.7 Å². The number of aromatic nitrogens is 2. The Bertz CT molecular complexity index is 328. The molecule has 0 aliphatic heterocycles. The van der Waals surface area contributed by atoms with E-state index in [1.54, 1.807) is 7.11 Å². The minimum absolute atomic E-state index is 0.0496. The van der Waals surface area contributed by atoms with E-state index in [9.17, 15) is 0 Å². The zero-order valence-corrected chi connectivity index (χ0v) is 11.9. The van der Waals surface area contributed by atoms with Crippen molar-refractivity contribution >= 4 is 0 Å². The molecule has 0 aliphatic carbocycles. The van der Waals surface area contributed by atoms with Gasteiger partial charge in [-0.3, -0.25) is 0 Å². The van der Waals surface area contributed by atoms with E-state index in [-0.39, 0.29) is 6.10 Å². The molecule has 2 unspecified atom stereocenters. The zero-order chi connectivity index (χ0) is 13.4. The van der Waals surface area contributed by atoms with Crippen LogP contribution >= 0.6 is 0 Å². The van der Waals surface area contributed by atoms with E-state index in [1.165, 1.54) is 0 Å². The van der Waals surface area contributed by atoms with E-state index in [1.807, 2.05) is 0 Å². The molecule has 0 aromatic carbocycles. The Hall–Kier alpha value is -0.940. The molecule has 1 heterocycles. The number of rotatable bonds is 9. The number of nitrogens with one attached hydrogen (secondary N) is 1. The molecule has 0 amide bonds. The minimum Gasteiger partial charge on any atom is -0.373 e. The van der Waals surface area contributed by atoms with Crippen molar-refractivity contribution in [1.29, 1.82) is 0 Å². The maximum Gasteiger partial charge on any atom is 0.228 e. The van der Waals surface area contributed by atoms with Gasteiger partial charge in [-0.25, -0.2) is 0 Å². The van der Waals surface area contributed by atoms with Crippen LogP contribution in [-0.2, 0) is 11.2 Å². The fourth-order valence-corrected chi connectivity index (χ4v) is 1.82. The number of methoxy groups -OCH3 is 1. The van der Waals surface area contributed by atoms with Crippen LogP contribution < -0.4 is 5.32 Å². The van der Waals surface area contributed by atoms with E-state index >= 15 is 0 Å². The first kappa shape index (κ1) is 15.1. The van der Waals surface area contributed by atoms with Crippen LogP contribution in [0.4, 0.5) is 0 Å². The van der Waals surface area contributed by atoms with E-state index in [4.69, 9.17) is 9.26 Å². The molecule has 18 heavy (non-hydrogen) atoms. The highest BCUT2D eigenvalue weighted by Crippen LogP contribution is 2.19. The second kappa shape index (κ2) is 8.21. The standard InChI is InChI=1S/C13H25N3O2/c1-5-7-11(17-4)13-15-12(18-16-13)9-10(3)14-8-6-2/h10-11,14H,5-9H2,1-4H3. The van der Waals surface area contributed by atoms with Gasteiger partial charge in [-0.2, -0.15) is 4.98 Å². The summed E-state index contributed by atoms with van der Waals surface area (Å²) >= 11 is 0. The van der Waals surface area contributed by atoms with E-state index in [0.717, 1.165) is 32.2 Å². The molecule has 0 radical (unpaired) electrons. The smallest absolute Gasteiger partial charge is 0.228 e. The molecule has 0 bridgehead atoms. The molecular weight excluding hydrogens is 230 g/mol. The molecule has 104 valence electrons. The van der Waals surface area contributed by atoms with Gasteiger partial charge in [0.2, 0.25) is 11.7 Å². The number of hydrogen-bond donors (Lipinski definition) is 1. The average molecular weight is 255 g/mol. The average Bonchev–Trinajstić information content (AvgIpc) is 2.81. The fourth-order valence-electron chi connectivity index (χ4n) is 1.82. The predicted octanol–water partition coefficient (Wildman–Crippen LogP) is 2.49. The molecule has 5 nitrogen and oxygen atoms in total. The maximum absolute atomic E-state index is 5.36. The first-order valence-corrected chi connectivity index (χ1v) is 6.79. The topological polar surface area (TPSA) is 60.2 Å². The van der Waals surface area contributed by atoms with Gasteiger partial charge >= 0.3 is 0 Å². The Morgan fingerprint density at radius 2 is 2.11 bits per heavy atom. The fraction of sp³-hybridized carbons (Fsp3) is 0.846. The number of ether oxygens (including phenoxy) is 1.